The second-order valence-electron chi connectivity index (χ2n) is 5.67. The number of nitrogens with one attached hydrogen (secondary N) is 1. The Bertz CT molecular complexity index is 649. The lowest BCUT2D eigenvalue weighted by Gasteiger charge is -2.20. The summed E-state index contributed by atoms with van der Waals surface area (Å²) in [7, 11) is 0. The molecule has 0 radical (unpaired) electrons. The number of para-hydroxylation sites is 1. The fraction of sp³-hybridized carbons (Fsp3) is 0.500. The Morgan fingerprint density at radius 3 is 2.78 bits per heavy atom. The van der Waals surface area contributed by atoms with Crippen molar-refractivity contribution in [1.82, 2.24) is 9.55 Å². The van der Waals surface area contributed by atoms with E-state index in [-0.39, 0.29) is 0 Å². The molecule has 3 rings (SSSR count). The van der Waals surface area contributed by atoms with Crippen molar-refractivity contribution in [2.45, 2.75) is 33.2 Å². The van der Waals surface area contributed by atoms with Crippen LogP contribution in [-0.4, -0.2) is 9.55 Å². The van der Waals surface area contributed by atoms with Crippen LogP contribution in [0, 0.1) is 16.1 Å². The van der Waals surface area contributed by atoms with Crippen molar-refractivity contribution < 1.29 is 0 Å². The van der Waals surface area contributed by atoms with E-state index in [4.69, 9.17) is 23.8 Å². The van der Waals surface area contributed by atoms with Crippen molar-refractivity contribution in [2.24, 2.45) is 11.3 Å². The molecule has 0 bridgehead atoms. The predicted octanol–water partition coefficient (Wildman–Crippen LogP) is 4.79. The zero-order valence-corrected chi connectivity index (χ0v) is 12.2. The van der Waals surface area contributed by atoms with Crippen molar-refractivity contribution >= 4 is 34.9 Å². The van der Waals surface area contributed by atoms with E-state index >= 15 is 0 Å². The number of benzene rings is 1. The maximum Gasteiger partial charge on any atom is 0.178 e. The summed E-state index contributed by atoms with van der Waals surface area (Å²) in [5, 5.41) is 0.742. The second kappa shape index (κ2) is 4.10. The summed E-state index contributed by atoms with van der Waals surface area (Å²) in [5.41, 5.74) is 2.53. The molecule has 0 unspecified atom stereocenters. The molecule has 18 heavy (non-hydrogen) atoms. The minimum Gasteiger partial charge on any atom is -0.329 e. The number of fused-ring (bicyclic) bond motifs is 1. The summed E-state index contributed by atoms with van der Waals surface area (Å²) in [6.07, 6.45) is 2.61. The lowest BCUT2D eigenvalue weighted by molar-refractivity contribution is 0.311. The molecule has 0 aliphatic heterocycles. The van der Waals surface area contributed by atoms with Crippen molar-refractivity contribution in [3.8, 4) is 0 Å². The number of hydrogen-bond acceptors (Lipinski definition) is 1. The first-order valence-corrected chi connectivity index (χ1v) is 7.19. The van der Waals surface area contributed by atoms with Gasteiger partial charge in [-0.15, -0.1) is 0 Å². The van der Waals surface area contributed by atoms with Gasteiger partial charge in [0.1, 0.15) is 0 Å². The first kappa shape index (κ1) is 12.2. The molecule has 0 spiro atoms. The standard InChI is InChI=1S/C14H17ClN2S/c1-9(2)14(6-7-14)8-17-11-5-3-4-10(15)12(11)16-13(17)18/h3-5,9H,6-8H2,1-2H3,(H,16,18). The van der Waals surface area contributed by atoms with Crippen LogP contribution in [0.15, 0.2) is 18.2 Å². The highest BCUT2D eigenvalue weighted by Crippen LogP contribution is 2.53. The fourth-order valence-corrected chi connectivity index (χ4v) is 3.18. The third-order valence-corrected chi connectivity index (χ3v) is 4.99. The number of nitrogens with zero attached hydrogens (tertiary/aromatic N) is 1. The van der Waals surface area contributed by atoms with Crippen LogP contribution in [0.25, 0.3) is 11.0 Å². The van der Waals surface area contributed by atoms with Crippen LogP contribution in [0.4, 0.5) is 0 Å². The molecule has 1 heterocycles. The average molecular weight is 281 g/mol. The highest BCUT2D eigenvalue weighted by molar-refractivity contribution is 7.71. The molecule has 96 valence electrons. The van der Waals surface area contributed by atoms with E-state index in [1.54, 1.807) is 0 Å². The number of imidazole rings is 1. The van der Waals surface area contributed by atoms with Crippen LogP contribution in [0.1, 0.15) is 26.7 Å². The Morgan fingerprint density at radius 1 is 1.44 bits per heavy atom. The second-order valence-corrected chi connectivity index (χ2v) is 6.46. The van der Waals surface area contributed by atoms with Gasteiger partial charge < -0.3 is 9.55 Å². The Labute approximate surface area is 117 Å². The quantitative estimate of drug-likeness (QED) is 0.802. The zero-order valence-electron chi connectivity index (χ0n) is 10.7. The smallest absolute Gasteiger partial charge is 0.178 e. The van der Waals surface area contributed by atoms with E-state index in [1.807, 2.05) is 12.1 Å². The molecule has 0 saturated heterocycles. The Hall–Kier alpha value is -0.800. The minimum atomic E-state index is 0.440. The molecule has 0 amide bonds. The van der Waals surface area contributed by atoms with Crippen molar-refractivity contribution in [1.29, 1.82) is 0 Å². The SMILES string of the molecule is CC(C)C1(Cn2c(=S)[nH]c3c(Cl)cccc32)CC1. The molecular formula is C14H17ClN2S. The van der Waals surface area contributed by atoms with Crippen LogP contribution in [-0.2, 0) is 6.54 Å². The summed E-state index contributed by atoms with van der Waals surface area (Å²) in [4.78, 5) is 3.23. The topological polar surface area (TPSA) is 20.7 Å². The molecule has 4 heteroatoms. The molecule has 1 aromatic carbocycles. The fourth-order valence-electron chi connectivity index (χ4n) is 2.70. The molecular weight excluding hydrogens is 264 g/mol. The molecule has 2 aromatic rings. The highest BCUT2D eigenvalue weighted by atomic mass is 35.5. The van der Waals surface area contributed by atoms with Gasteiger partial charge in [-0.3, -0.25) is 0 Å². The minimum absolute atomic E-state index is 0.440. The van der Waals surface area contributed by atoms with Gasteiger partial charge in [0.05, 0.1) is 16.1 Å². The van der Waals surface area contributed by atoms with Gasteiger partial charge in [-0.1, -0.05) is 31.5 Å². The van der Waals surface area contributed by atoms with Gasteiger partial charge in [0.2, 0.25) is 0 Å². The maximum absolute atomic E-state index is 6.20. The third kappa shape index (κ3) is 1.81. The molecule has 1 aliphatic carbocycles. The summed E-state index contributed by atoms with van der Waals surface area (Å²) in [6.45, 7) is 5.61. The van der Waals surface area contributed by atoms with E-state index in [2.05, 4.69) is 29.5 Å². The predicted molar refractivity (Wildman–Crippen MR) is 78.6 cm³/mol. The van der Waals surface area contributed by atoms with Gasteiger partial charge in [0.25, 0.3) is 0 Å². The van der Waals surface area contributed by atoms with Crippen LogP contribution in [0.3, 0.4) is 0 Å². The van der Waals surface area contributed by atoms with E-state index in [9.17, 15) is 0 Å². The maximum atomic E-state index is 6.20. The number of rotatable bonds is 3. The molecule has 1 aliphatic rings. The molecule has 1 N–H and O–H groups in total. The summed E-state index contributed by atoms with van der Waals surface area (Å²) in [6, 6.07) is 5.97. The van der Waals surface area contributed by atoms with E-state index in [1.165, 1.54) is 12.8 Å². The third-order valence-electron chi connectivity index (χ3n) is 4.35. The van der Waals surface area contributed by atoms with Crippen LogP contribution >= 0.6 is 23.8 Å². The Balaban J connectivity index is 2.10. The lowest BCUT2D eigenvalue weighted by atomic mass is 9.92. The number of aromatic nitrogens is 2. The summed E-state index contributed by atoms with van der Waals surface area (Å²) in [5.74, 6) is 0.698. The van der Waals surface area contributed by atoms with Gasteiger partial charge in [-0.2, -0.15) is 0 Å². The number of aromatic amines is 1. The Morgan fingerprint density at radius 2 is 2.17 bits per heavy atom. The van der Waals surface area contributed by atoms with Gasteiger partial charge in [-0.05, 0) is 48.5 Å². The summed E-state index contributed by atoms with van der Waals surface area (Å²) < 4.78 is 2.99. The highest BCUT2D eigenvalue weighted by Gasteiger charge is 2.45. The van der Waals surface area contributed by atoms with E-state index in [0.717, 1.165) is 27.4 Å². The molecule has 1 fully saturated rings. The van der Waals surface area contributed by atoms with Crippen LogP contribution < -0.4 is 0 Å². The normalized spacial score (nSPS) is 17.6. The van der Waals surface area contributed by atoms with Gasteiger partial charge in [0, 0.05) is 6.54 Å². The molecule has 0 atom stereocenters. The van der Waals surface area contributed by atoms with Gasteiger partial charge >= 0.3 is 0 Å². The average Bonchev–Trinajstić information content (AvgIpc) is 3.03. The number of H-pyrrole nitrogens is 1. The molecule has 1 saturated carbocycles. The van der Waals surface area contributed by atoms with Crippen molar-refractivity contribution in [3.05, 3.63) is 28.0 Å². The van der Waals surface area contributed by atoms with E-state index in [0.29, 0.717) is 11.3 Å². The zero-order chi connectivity index (χ0) is 12.9. The van der Waals surface area contributed by atoms with Crippen LogP contribution in [0.5, 0.6) is 0 Å². The first-order valence-electron chi connectivity index (χ1n) is 6.40. The van der Waals surface area contributed by atoms with E-state index < -0.39 is 0 Å². The number of halogens is 1. The largest absolute Gasteiger partial charge is 0.329 e. The first-order chi connectivity index (χ1) is 8.53. The number of hydrogen-bond donors (Lipinski definition) is 1. The monoisotopic (exact) mass is 280 g/mol. The molecule has 1 aromatic heterocycles. The molecule has 2 nitrogen and oxygen atoms in total. The lowest BCUT2D eigenvalue weighted by Crippen LogP contribution is -2.17. The van der Waals surface area contributed by atoms with Crippen molar-refractivity contribution in [2.75, 3.05) is 0 Å². The Kier molecular flexibility index (Phi) is 2.79. The van der Waals surface area contributed by atoms with Crippen molar-refractivity contribution in [3.63, 3.8) is 0 Å². The van der Waals surface area contributed by atoms with Crippen LogP contribution in [0.2, 0.25) is 5.02 Å². The van der Waals surface area contributed by atoms with Gasteiger partial charge in [-0.25, -0.2) is 0 Å². The summed E-state index contributed by atoms with van der Waals surface area (Å²) >= 11 is 11.6. The van der Waals surface area contributed by atoms with Gasteiger partial charge in [0.15, 0.2) is 4.77 Å².